The van der Waals surface area contributed by atoms with Crippen LogP contribution in [0.1, 0.15) is 36.1 Å². The molecule has 106 valence electrons. The molecule has 2 aromatic carbocycles. The summed E-state index contributed by atoms with van der Waals surface area (Å²) in [6.07, 6.45) is 3.29. The highest BCUT2D eigenvalue weighted by molar-refractivity contribution is 7.98. The molecule has 1 atom stereocenters. The SMILES string of the molecule is CCCNC(c1ccccc1C)c1ccccc1SC. The molecule has 0 aliphatic rings. The maximum absolute atomic E-state index is 3.70. The molecule has 0 heterocycles. The number of thioether (sulfide) groups is 1. The van der Waals surface area contributed by atoms with Crippen molar-refractivity contribution in [3.8, 4) is 0 Å². The summed E-state index contributed by atoms with van der Waals surface area (Å²) in [5.41, 5.74) is 4.10. The number of hydrogen-bond donors (Lipinski definition) is 1. The predicted molar refractivity (Wildman–Crippen MR) is 89.5 cm³/mol. The fourth-order valence-corrected chi connectivity index (χ4v) is 3.13. The fourth-order valence-electron chi connectivity index (χ4n) is 2.49. The van der Waals surface area contributed by atoms with Gasteiger partial charge in [0.25, 0.3) is 0 Å². The molecule has 2 heteroatoms. The molecule has 0 fully saturated rings. The van der Waals surface area contributed by atoms with E-state index in [0.29, 0.717) is 0 Å². The maximum Gasteiger partial charge on any atom is 0.0590 e. The summed E-state index contributed by atoms with van der Waals surface area (Å²) in [6.45, 7) is 5.43. The summed E-state index contributed by atoms with van der Waals surface area (Å²) in [4.78, 5) is 1.35. The molecular weight excluding hydrogens is 262 g/mol. The standard InChI is InChI=1S/C18H23NS/c1-4-13-19-18(15-10-6-5-9-14(15)2)16-11-7-8-12-17(16)20-3/h5-12,18-19H,4,13H2,1-3H3. The Hall–Kier alpha value is -1.25. The molecule has 1 unspecified atom stereocenters. The Bertz CT molecular complexity index is 551. The average Bonchev–Trinajstić information content (AvgIpc) is 2.49. The molecule has 20 heavy (non-hydrogen) atoms. The van der Waals surface area contributed by atoms with Crippen molar-refractivity contribution in [2.75, 3.05) is 12.8 Å². The van der Waals surface area contributed by atoms with Crippen molar-refractivity contribution in [2.45, 2.75) is 31.2 Å². The molecule has 0 aliphatic heterocycles. The van der Waals surface area contributed by atoms with Gasteiger partial charge in [-0.25, -0.2) is 0 Å². The van der Waals surface area contributed by atoms with Crippen LogP contribution in [0.4, 0.5) is 0 Å². The van der Waals surface area contributed by atoms with Gasteiger partial charge in [0.1, 0.15) is 0 Å². The predicted octanol–water partition coefficient (Wildman–Crippen LogP) is 4.81. The molecule has 2 rings (SSSR count). The highest BCUT2D eigenvalue weighted by Crippen LogP contribution is 2.31. The van der Waals surface area contributed by atoms with Gasteiger partial charge >= 0.3 is 0 Å². The van der Waals surface area contributed by atoms with E-state index >= 15 is 0 Å². The quantitative estimate of drug-likeness (QED) is 0.765. The van der Waals surface area contributed by atoms with Crippen LogP contribution >= 0.6 is 11.8 Å². The first kappa shape index (κ1) is 15.1. The molecule has 2 aromatic rings. The van der Waals surface area contributed by atoms with Crippen LogP contribution in [0.25, 0.3) is 0 Å². The molecular formula is C18H23NS. The first-order valence-corrected chi connectivity index (χ1v) is 8.42. The molecule has 0 aromatic heterocycles. The summed E-state index contributed by atoms with van der Waals surface area (Å²) < 4.78 is 0. The summed E-state index contributed by atoms with van der Waals surface area (Å²) in [5.74, 6) is 0. The third kappa shape index (κ3) is 3.44. The smallest absolute Gasteiger partial charge is 0.0590 e. The molecule has 0 saturated heterocycles. The van der Waals surface area contributed by atoms with Gasteiger partial charge in [-0.05, 0) is 48.9 Å². The second-order valence-electron chi connectivity index (χ2n) is 4.99. The van der Waals surface area contributed by atoms with Crippen LogP contribution < -0.4 is 5.32 Å². The van der Waals surface area contributed by atoms with Gasteiger partial charge in [0.15, 0.2) is 0 Å². The largest absolute Gasteiger partial charge is 0.306 e. The Morgan fingerprint density at radius 1 is 1.00 bits per heavy atom. The van der Waals surface area contributed by atoms with Gasteiger partial charge < -0.3 is 5.32 Å². The van der Waals surface area contributed by atoms with Crippen LogP contribution in [-0.4, -0.2) is 12.8 Å². The van der Waals surface area contributed by atoms with Crippen molar-refractivity contribution >= 4 is 11.8 Å². The lowest BCUT2D eigenvalue weighted by Crippen LogP contribution is -2.24. The Labute approximate surface area is 126 Å². The molecule has 0 radical (unpaired) electrons. The van der Waals surface area contributed by atoms with Gasteiger partial charge in [-0.3, -0.25) is 0 Å². The molecule has 1 nitrogen and oxygen atoms in total. The van der Waals surface area contributed by atoms with Gasteiger partial charge in [-0.1, -0.05) is 49.4 Å². The first-order valence-electron chi connectivity index (χ1n) is 7.19. The third-order valence-electron chi connectivity index (χ3n) is 3.55. The van der Waals surface area contributed by atoms with Crippen molar-refractivity contribution in [2.24, 2.45) is 0 Å². The highest BCUT2D eigenvalue weighted by Gasteiger charge is 2.17. The maximum atomic E-state index is 3.70. The number of nitrogens with one attached hydrogen (secondary N) is 1. The van der Waals surface area contributed by atoms with Crippen molar-refractivity contribution in [3.63, 3.8) is 0 Å². The zero-order chi connectivity index (χ0) is 14.4. The molecule has 0 bridgehead atoms. The second-order valence-corrected chi connectivity index (χ2v) is 5.83. The lowest BCUT2D eigenvalue weighted by molar-refractivity contribution is 0.589. The molecule has 0 saturated carbocycles. The minimum Gasteiger partial charge on any atom is -0.306 e. The normalized spacial score (nSPS) is 12.3. The molecule has 0 aliphatic carbocycles. The summed E-state index contributed by atoms with van der Waals surface area (Å²) >= 11 is 1.82. The Morgan fingerprint density at radius 3 is 2.30 bits per heavy atom. The summed E-state index contributed by atoms with van der Waals surface area (Å²) in [5, 5.41) is 3.70. The molecule has 0 spiro atoms. The number of aryl methyl sites for hydroxylation is 1. The minimum atomic E-state index is 0.278. The van der Waals surface area contributed by atoms with Crippen LogP contribution in [0.3, 0.4) is 0 Å². The van der Waals surface area contributed by atoms with Crippen LogP contribution in [0.5, 0.6) is 0 Å². The van der Waals surface area contributed by atoms with E-state index in [1.165, 1.54) is 21.6 Å². The number of rotatable bonds is 6. The van der Waals surface area contributed by atoms with Crippen LogP contribution in [-0.2, 0) is 0 Å². The number of benzene rings is 2. The van der Waals surface area contributed by atoms with E-state index in [1.807, 2.05) is 11.8 Å². The van der Waals surface area contributed by atoms with Crippen molar-refractivity contribution in [3.05, 3.63) is 65.2 Å². The lowest BCUT2D eigenvalue weighted by atomic mass is 9.95. The van der Waals surface area contributed by atoms with Gasteiger partial charge in [0, 0.05) is 4.90 Å². The van der Waals surface area contributed by atoms with Crippen LogP contribution in [0, 0.1) is 6.92 Å². The average molecular weight is 285 g/mol. The summed E-state index contributed by atoms with van der Waals surface area (Å²) in [6, 6.07) is 17.6. The molecule has 1 N–H and O–H groups in total. The van der Waals surface area contributed by atoms with Gasteiger partial charge in [0.05, 0.1) is 6.04 Å². The van der Waals surface area contributed by atoms with E-state index < -0.39 is 0 Å². The van der Waals surface area contributed by atoms with E-state index in [9.17, 15) is 0 Å². The van der Waals surface area contributed by atoms with Crippen molar-refractivity contribution in [1.82, 2.24) is 5.32 Å². The summed E-state index contributed by atoms with van der Waals surface area (Å²) in [7, 11) is 0. The Morgan fingerprint density at radius 2 is 1.65 bits per heavy atom. The van der Waals surface area contributed by atoms with E-state index in [1.54, 1.807) is 0 Å². The minimum absolute atomic E-state index is 0.278. The number of hydrogen-bond acceptors (Lipinski definition) is 2. The Balaban J connectivity index is 2.44. The van der Waals surface area contributed by atoms with E-state index in [0.717, 1.165) is 13.0 Å². The Kier molecular flexibility index (Phi) is 5.69. The zero-order valence-electron chi connectivity index (χ0n) is 12.5. The van der Waals surface area contributed by atoms with Crippen LogP contribution in [0.2, 0.25) is 0 Å². The highest BCUT2D eigenvalue weighted by atomic mass is 32.2. The monoisotopic (exact) mass is 285 g/mol. The second kappa shape index (κ2) is 7.51. The third-order valence-corrected chi connectivity index (χ3v) is 4.36. The zero-order valence-corrected chi connectivity index (χ0v) is 13.3. The fraction of sp³-hybridized carbons (Fsp3) is 0.333. The van der Waals surface area contributed by atoms with E-state index in [-0.39, 0.29) is 6.04 Å². The lowest BCUT2D eigenvalue weighted by Gasteiger charge is -2.23. The van der Waals surface area contributed by atoms with E-state index in [2.05, 4.69) is 74.0 Å². The van der Waals surface area contributed by atoms with Gasteiger partial charge in [0.2, 0.25) is 0 Å². The van der Waals surface area contributed by atoms with Gasteiger partial charge in [-0.15, -0.1) is 11.8 Å². The first-order chi connectivity index (χ1) is 9.77. The topological polar surface area (TPSA) is 12.0 Å². The van der Waals surface area contributed by atoms with Crippen molar-refractivity contribution < 1.29 is 0 Å². The van der Waals surface area contributed by atoms with E-state index in [4.69, 9.17) is 0 Å². The van der Waals surface area contributed by atoms with Gasteiger partial charge in [-0.2, -0.15) is 0 Å². The van der Waals surface area contributed by atoms with Crippen LogP contribution in [0.15, 0.2) is 53.4 Å². The van der Waals surface area contributed by atoms with Crippen molar-refractivity contribution in [1.29, 1.82) is 0 Å². The molecule has 0 amide bonds.